The number of piperazine rings is 1. The van der Waals surface area contributed by atoms with Gasteiger partial charge in [0.05, 0.1) is 0 Å². The molecule has 1 N–H and O–H groups in total. The maximum atomic E-state index is 12.5. The molecule has 1 spiro atoms. The number of hydrogen-bond donors (Lipinski definition) is 1. The van der Waals surface area contributed by atoms with E-state index in [0.29, 0.717) is 5.92 Å². The number of rotatable bonds is 2. The van der Waals surface area contributed by atoms with Gasteiger partial charge in [0.1, 0.15) is 11.6 Å². The van der Waals surface area contributed by atoms with Crippen LogP contribution in [0, 0.1) is 5.92 Å². The zero-order valence-electron chi connectivity index (χ0n) is 11.8. The molecule has 0 aromatic heterocycles. The number of carbonyl (C=O) groups is 2. The number of amides is 2. The van der Waals surface area contributed by atoms with Gasteiger partial charge in [0, 0.05) is 6.54 Å². The molecule has 0 aromatic carbocycles. The minimum absolute atomic E-state index is 0.0927. The van der Waals surface area contributed by atoms with Crippen LogP contribution < -0.4 is 5.32 Å². The van der Waals surface area contributed by atoms with E-state index in [0.717, 1.165) is 32.2 Å². The molecule has 0 bridgehead atoms. The molecule has 1 saturated heterocycles. The second-order valence-corrected chi connectivity index (χ2v) is 6.53. The molecular formula is C15H24N2O2. The van der Waals surface area contributed by atoms with Crippen LogP contribution in [-0.2, 0) is 9.59 Å². The monoisotopic (exact) mass is 264 g/mol. The van der Waals surface area contributed by atoms with Gasteiger partial charge in [-0.15, -0.1) is 0 Å². The summed E-state index contributed by atoms with van der Waals surface area (Å²) in [6.45, 7) is 2.61. The minimum atomic E-state index is -0.508. The highest BCUT2D eigenvalue weighted by molar-refractivity contribution is 5.99. The van der Waals surface area contributed by atoms with Crippen molar-refractivity contribution in [2.45, 2.75) is 69.9 Å². The molecule has 19 heavy (non-hydrogen) atoms. The van der Waals surface area contributed by atoms with E-state index in [2.05, 4.69) is 5.32 Å². The SMILES string of the molecule is CC1NC(=O)C2(CCCC2)N(CC2CCCC2)C1=O. The quantitative estimate of drug-likeness (QED) is 0.827. The van der Waals surface area contributed by atoms with Crippen LogP contribution in [0.15, 0.2) is 0 Å². The summed E-state index contributed by atoms with van der Waals surface area (Å²) >= 11 is 0. The second kappa shape index (κ2) is 4.80. The molecule has 1 atom stereocenters. The summed E-state index contributed by atoms with van der Waals surface area (Å²) in [5.74, 6) is 0.836. The van der Waals surface area contributed by atoms with Crippen molar-refractivity contribution in [3.05, 3.63) is 0 Å². The van der Waals surface area contributed by atoms with Crippen molar-refractivity contribution >= 4 is 11.8 Å². The maximum Gasteiger partial charge on any atom is 0.246 e. The van der Waals surface area contributed by atoms with E-state index in [1.54, 1.807) is 0 Å². The molecule has 106 valence electrons. The molecule has 1 unspecified atom stereocenters. The van der Waals surface area contributed by atoms with Crippen molar-refractivity contribution in [1.29, 1.82) is 0 Å². The Balaban J connectivity index is 1.85. The van der Waals surface area contributed by atoms with Crippen molar-refractivity contribution in [3.63, 3.8) is 0 Å². The topological polar surface area (TPSA) is 49.4 Å². The molecule has 0 radical (unpaired) electrons. The highest BCUT2D eigenvalue weighted by Crippen LogP contribution is 2.39. The van der Waals surface area contributed by atoms with Crippen molar-refractivity contribution in [2.75, 3.05) is 6.54 Å². The van der Waals surface area contributed by atoms with E-state index < -0.39 is 5.54 Å². The molecule has 4 nitrogen and oxygen atoms in total. The molecule has 3 rings (SSSR count). The van der Waals surface area contributed by atoms with Gasteiger partial charge < -0.3 is 10.2 Å². The molecule has 1 heterocycles. The Morgan fingerprint density at radius 2 is 1.79 bits per heavy atom. The first kappa shape index (κ1) is 12.9. The third-order valence-electron chi connectivity index (χ3n) is 5.27. The van der Waals surface area contributed by atoms with Crippen molar-refractivity contribution in [2.24, 2.45) is 5.92 Å². The Morgan fingerprint density at radius 1 is 1.16 bits per heavy atom. The Bertz CT molecular complexity index is 382. The summed E-state index contributed by atoms with van der Waals surface area (Å²) in [4.78, 5) is 26.9. The van der Waals surface area contributed by atoms with Gasteiger partial charge in [0.15, 0.2) is 0 Å². The van der Waals surface area contributed by atoms with Crippen LogP contribution in [-0.4, -0.2) is 34.8 Å². The normalized spacial score (nSPS) is 31.2. The average molecular weight is 264 g/mol. The summed E-state index contributed by atoms with van der Waals surface area (Å²) in [5.41, 5.74) is -0.508. The summed E-state index contributed by atoms with van der Waals surface area (Å²) in [5, 5.41) is 2.89. The lowest BCUT2D eigenvalue weighted by atomic mass is 9.88. The number of hydrogen-bond acceptors (Lipinski definition) is 2. The van der Waals surface area contributed by atoms with Crippen LogP contribution in [0.1, 0.15) is 58.3 Å². The minimum Gasteiger partial charge on any atom is -0.343 e. The highest BCUT2D eigenvalue weighted by Gasteiger charge is 2.53. The van der Waals surface area contributed by atoms with Crippen LogP contribution >= 0.6 is 0 Å². The van der Waals surface area contributed by atoms with Crippen molar-refractivity contribution in [1.82, 2.24) is 10.2 Å². The Hall–Kier alpha value is -1.06. The standard InChI is InChI=1S/C15H24N2O2/c1-11-13(18)17(10-12-6-2-3-7-12)15(14(19)16-11)8-4-5-9-15/h11-12H,2-10H2,1H3,(H,16,19). The van der Waals surface area contributed by atoms with E-state index in [1.807, 2.05) is 11.8 Å². The molecule has 1 aliphatic heterocycles. The zero-order valence-corrected chi connectivity index (χ0v) is 11.8. The van der Waals surface area contributed by atoms with E-state index in [9.17, 15) is 9.59 Å². The fourth-order valence-corrected chi connectivity index (χ4v) is 4.13. The van der Waals surface area contributed by atoms with Crippen LogP contribution in [0.2, 0.25) is 0 Å². The maximum absolute atomic E-state index is 12.5. The van der Waals surface area contributed by atoms with Gasteiger partial charge >= 0.3 is 0 Å². The first-order chi connectivity index (χ1) is 9.13. The molecular weight excluding hydrogens is 240 g/mol. The van der Waals surface area contributed by atoms with Gasteiger partial charge in [-0.1, -0.05) is 25.7 Å². The lowest BCUT2D eigenvalue weighted by Gasteiger charge is -2.46. The second-order valence-electron chi connectivity index (χ2n) is 6.53. The lowest BCUT2D eigenvalue weighted by molar-refractivity contribution is -0.157. The van der Waals surface area contributed by atoms with Crippen LogP contribution in [0.4, 0.5) is 0 Å². The molecule has 0 aromatic rings. The average Bonchev–Trinajstić information content (AvgIpc) is 3.05. The zero-order chi connectivity index (χ0) is 13.5. The van der Waals surface area contributed by atoms with E-state index in [1.165, 1.54) is 25.7 Å². The predicted molar refractivity (Wildman–Crippen MR) is 72.5 cm³/mol. The van der Waals surface area contributed by atoms with E-state index >= 15 is 0 Å². The third kappa shape index (κ3) is 2.05. The van der Waals surface area contributed by atoms with Gasteiger partial charge in [0.2, 0.25) is 11.8 Å². The summed E-state index contributed by atoms with van der Waals surface area (Å²) in [6.07, 6.45) is 8.83. The predicted octanol–water partition coefficient (Wildman–Crippen LogP) is 1.84. The fraction of sp³-hybridized carbons (Fsp3) is 0.867. The van der Waals surface area contributed by atoms with Gasteiger partial charge in [-0.3, -0.25) is 9.59 Å². The first-order valence-corrected chi connectivity index (χ1v) is 7.76. The smallest absolute Gasteiger partial charge is 0.246 e. The highest BCUT2D eigenvalue weighted by atomic mass is 16.2. The van der Waals surface area contributed by atoms with Crippen LogP contribution in [0.5, 0.6) is 0 Å². The molecule has 2 aliphatic carbocycles. The van der Waals surface area contributed by atoms with Crippen LogP contribution in [0.3, 0.4) is 0 Å². The molecule has 3 fully saturated rings. The van der Waals surface area contributed by atoms with Gasteiger partial charge in [0.25, 0.3) is 0 Å². The van der Waals surface area contributed by atoms with Gasteiger partial charge in [-0.25, -0.2) is 0 Å². The summed E-state index contributed by atoms with van der Waals surface area (Å²) in [7, 11) is 0. The van der Waals surface area contributed by atoms with Gasteiger partial charge in [-0.05, 0) is 38.5 Å². The molecule has 3 aliphatic rings. The summed E-state index contributed by atoms with van der Waals surface area (Å²) in [6, 6.07) is -0.347. The van der Waals surface area contributed by atoms with Crippen molar-refractivity contribution < 1.29 is 9.59 Å². The Labute approximate surface area is 114 Å². The van der Waals surface area contributed by atoms with Crippen molar-refractivity contribution in [3.8, 4) is 0 Å². The molecule has 2 amide bonds. The van der Waals surface area contributed by atoms with Crippen LogP contribution in [0.25, 0.3) is 0 Å². The number of nitrogens with one attached hydrogen (secondary N) is 1. The summed E-state index contributed by atoms with van der Waals surface area (Å²) < 4.78 is 0. The first-order valence-electron chi connectivity index (χ1n) is 7.76. The Kier molecular flexibility index (Phi) is 3.27. The molecule has 2 saturated carbocycles. The van der Waals surface area contributed by atoms with E-state index in [4.69, 9.17) is 0 Å². The molecule has 4 heteroatoms. The lowest BCUT2D eigenvalue weighted by Crippen LogP contribution is -2.69. The Morgan fingerprint density at radius 3 is 2.42 bits per heavy atom. The third-order valence-corrected chi connectivity index (χ3v) is 5.27. The van der Waals surface area contributed by atoms with E-state index in [-0.39, 0.29) is 17.9 Å². The fourth-order valence-electron chi connectivity index (χ4n) is 4.13. The number of carbonyl (C=O) groups excluding carboxylic acids is 2. The number of nitrogens with zero attached hydrogens (tertiary/aromatic N) is 1. The largest absolute Gasteiger partial charge is 0.343 e. The van der Waals surface area contributed by atoms with Gasteiger partial charge in [-0.2, -0.15) is 0 Å².